The molecule has 17 heavy (non-hydrogen) atoms. The Balaban J connectivity index is 2.60. The molecule has 5 heteroatoms. The Labute approximate surface area is 101 Å². The van der Waals surface area contributed by atoms with Crippen LogP contribution in [0.1, 0.15) is 0 Å². The van der Waals surface area contributed by atoms with Crippen molar-refractivity contribution in [3.05, 3.63) is 24.3 Å². The van der Waals surface area contributed by atoms with Crippen molar-refractivity contribution >= 4 is 17.3 Å². The van der Waals surface area contributed by atoms with Gasteiger partial charge in [0.25, 0.3) is 0 Å². The van der Waals surface area contributed by atoms with Gasteiger partial charge in [-0.1, -0.05) is 0 Å². The third-order valence-electron chi connectivity index (χ3n) is 2.54. The number of aliphatic hydroxyl groups excluding tert-OH is 1. The molecule has 0 fully saturated rings. The van der Waals surface area contributed by atoms with Gasteiger partial charge in [0.1, 0.15) is 0 Å². The van der Waals surface area contributed by atoms with Gasteiger partial charge in [-0.05, 0) is 31.3 Å². The van der Waals surface area contributed by atoms with E-state index in [4.69, 9.17) is 10.8 Å². The van der Waals surface area contributed by atoms with Gasteiger partial charge in [-0.15, -0.1) is 0 Å². The van der Waals surface area contributed by atoms with Crippen LogP contribution >= 0.6 is 0 Å². The fourth-order valence-corrected chi connectivity index (χ4v) is 1.43. The van der Waals surface area contributed by atoms with E-state index >= 15 is 0 Å². The molecule has 0 aromatic heterocycles. The van der Waals surface area contributed by atoms with Gasteiger partial charge in [-0.3, -0.25) is 9.69 Å². The molecule has 94 valence electrons. The van der Waals surface area contributed by atoms with Crippen LogP contribution in [-0.4, -0.2) is 49.7 Å². The van der Waals surface area contributed by atoms with Crippen molar-refractivity contribution in [1.29, 1.82) is 0 Å². The van der Waals surface area contributed by atoms with E-state index in [0.29, 0.717) is 12.2 Å². The first-order valence-electron chi connectivity index (χ1n) is 5.46. The summed E-state index contributed by atoms with van der Waals surface area (Å²) < 4.78 is 0. The average Bonchev–Trinajstić information content (AvgIpc) is 2.29. The molecule has 0 heterocycles. The lowest BCUT2D eigenvalue weighted by molar-refractivity contribution is -0.119. The molecule has 0 bridgehead atoms. The van der Waals surface area contributed by atoms with E-state index in [9.17, 15) is 4.79 Å². The predicted molar refractivity (Wildman–Crippen MR) is 68.8 cm³/mol. The lowest BCUT2D eigenvalue weighted by atomic mass is 10.2. The maximum atomic E-state index is 11.9. The Morgan fingerprint density at radius 3 is 2.41 bits per heavy atom. The number of carbonyl (C=O) groups excluding carboxylic acids is 1. The summed E-state index contributed by atoms with van der Waals surface area (Å²) in [4.78, 5) is 15.2. The number of carbonyl (C=O) groups is 1. The van der Waals surface area contributed by atoms with Crippen LogP contribution in [0.5, 0.6) is 0 Å². The molecule has 0 saturated carbocycles. The van der Waals surface area contributed by atoms with E-state index in [1.807, 2.05) is 0 Å². The fraction of sp³-hybridized carbons (Fsp3) is 0.417. The summed E-state index contributed by atoms with van der Waals surface area (Å²) in [6.07, 6.45) is 0. The van der Waals surface area contributed by atoms with Gasteiger partial charge in [-0.2, -0.15) is 0 Å². The van der Waals surface area contributed by atoms with Crippen LogP contribution in [0.25, 0.3) is 0 Å². The molecule has 0 unspecified atom stereocenters. The number of nitrogens with zero attached hydrogens (tertiary/aromatic N) is 2. The van der Waals surface area contributed by atoms with Crippen molar-refractivity contribution in [3.8, 4) is 0 Å². The van der Waals surface area contributed by atoms with Gasteiger partial charge in [0.2, 0.25) is 5.91 Å². The second-order valence-electron chi connectivity index (χ2n) is 4.01. The molecule has 5 nitrogen and oxygen atoms in total. The van der Waals surface area contributed by atoms with Crippen molar-refractivity contribution in [2.24, 2.45) is 0 Å². The summed E-state index contributed by atoms with van der Waals surface area (Å²) in [5, 5.41) is 8.76. The standard InChI is InChI=1S/C12H19N3O2/c1-14(7-8-16)9-12(17)15(2)11-5-3-10(13)4-6-11/h3-6,16H,7-9,13H2,1-2H3. The van der Waals surface area contributed by atoms with Crippen LogP contribution in [0, 0.1) is 0 Å². The van der Waals surface area contributed by atoms with Crippen molar-refractivity contribution in [1.82, 2.24) is 4.90 Å². The number of hydrogen-bond acceptors (Lipinski definition) is 4. The van der Waals surface area contributed by atoms with E-state index in [0.717, 1.165) is 5.69 Å². The number of aliphatic hydroxyl groups is 1. The van der Waals surface area contributed by atoms with Gasteiger partial charge >= 0.3 is 0 Å². The Morgan fingerprint density at radius 2 is 1.88 bits per heavy atom. The largest absolute Gasteiger partial charge is 0.399 e. The highest BCUT2D eigenvalue weighted by Crippen LogP contribution is 2.14. The van der Waals surface area contributed by atoms with Crippen molar-refractivity contribution in [2.75, 3.05) is 44.4 Å². The fourth-order valence-electron chi connectivity index (χ4n) is 1.43. The number of nitrogens with two attached hydrogens (primary N) is 1. The molecule has 0 aliphatic rings. The second kappa shape index (κ2) is 6.22. The third kappa shape index (κ3) is 4.05. The van der Waals surface area contributed by atoms with Crippen LogP contribution in [0.3, 0.4) is 0 Å². The van der Waals surface area contributed by atoms with E-state index < -0.39 is 0 Å². The maximum absolute atomic E-state index is 11.9. The van der Waals surface area contributed by atoms with Crippen LogP contribution in [0.2, 0.25) is 0 Å². The van der Waals surface area contributed by atoms with Gasteiger partial charge in [0.15, 0.2) is 0 Å². The first-order valence-corrected chi connectivity index (χ1v) is 5.46. The molecule has 0 spiro atoms. The smallest absolute Gasteiger partial charge is 0.240 e. The number of amides is 1. The Bertz CT molecular complexity index is 365. The summed E-state index contributed by atoms with van der Waals surface area (Å²) in [6, 6.07) is 7.13. The van der Waals surface area contributed by atoms with Crippen molar-refractivity contribution in [3.63, 3.8) is 0 Å². The van der Waals surface area contributed by atoms with Gasteiger partial charge in [0.05, 0.1) is 13.2 Å². The summed E-state index contributed by atoms with van der Waals surface area (Å²) in [6.45, 7) is 0.818. The molecule has 3 N–H and O–H groups in total. The summed E-state index contributed by atoms with van der Waals surface area (Å²) in [7, 11) is 3.52. The number of nitrogen functional groups attached to an aromatic ring is 1. The Hall–Kier alpha value is -1.59. The lowest BCUT2D eigenvalue weighted by Gasteiger charge is -2.21. The summed E-state index contributed by atoms with van der Waals surface area (Å²) in [5.41, 5.74) is 7.06. The number of rotatable bonds is 5. The minimum atomic E-state index is -0.0225. The maximum Gasteiger partial charge on any atom is 0.240 e. The Morgan fingerprint density at radius 1 is 1.29 bits per heavy atom. The predicted octanol–water partition coefficient (Wildman–Crippen LogP) is 0.156. The molecule has 1 aromatic carbocycles. The highest BCUT2D eigenvalue weighted by atomic mass is 16.3. The third-order valence-corrected chi connectivity index (χ3v) is 2.54. The van der Waals surface area contributed by atoms with E-state index in [2.05, 4.69) is 0 Å². The highest BCUT2D eigenvalue weighted by Gasteiger charge is 2.12. The second-order valence-corrected chi connectivity index (χ2v) is 4.01. The SMILES string of the molecule is CN(CCO)CC(=O)N(C)c1ccc(N)cc1. The molecule has 0 radical (unpaired) electrons. The van der Waals surface area contributed by atoms with Crippen molar-refractivity contribution < 1.29 is 9.90 Å². The quantitative estimate of drug-likeness (QED) is 0.716. The van der Waals surface area contributed by atoms with Crippen molar-refractivity contribution in [2.45, 2.75) is 0 Å². The zero-order valence-electron chi connectivity index (χ0n) is 10.3. The number of hydrogen-bond donors (Lipinski definition) is 2. The van der Waals surface area contributed by atoms with Crippen LogP contribution in [0.15, 0.2) is 24.3 Å². The van der Waals surface area contributed by atoms with Gasteiger partial charge in [0, 0.05) is 25.0 Å². The molecule has 0 saturated heterocycles. The van der Waals surface area contributed by atoms with E-state index in [1.54, 1.807) is 48.2 Å². The normalized spacial score (nSPS) is 10.6. The minimum absolute atomic E-state index is 0.0225. The van der Waals surface area contributed by atoms with Gasteiger partial charge in [-0.25, -0.2) is 0 Å². The molecule has 0 atom stereocenters. The van der Waals surface area contributed by atoms with Crippen LogP contribution in [-0.2, 0) is 4.79 Å². The molecular weight excluding hydrogens is 218 g/mol. The Kier molecular flexibility index (Phi) is 4.93. The first kappa shape index (κ1) is 13.5. The average molecular weight is 237 g/mol. The summed E-state index contributed by atoms with van der Waals surface area (Å²) >= 11 is 0. The molecule has 1 amide bonds. The lowest BCUT2D eigenvalue weighted by Crippen LogP contribution is -2.37. The van der Waals surface area contributed by atoms with E-state index in [1.165, 1.54) is 0 Å². The van der Waals surface area contributed by atoms with E-state index in [-0.39, 0.29) is 19.1 Å². The number of benzene rings is 1. The summed E-state index contributed by atoms with van der Waals surface area (Å²) in [5.74, 6) is -0.0225. The molecule has 1 rings (SSSR count). The molecular formula is C12H19N3O2. The van der Waals surface area contributed by atoms with Crippen LogP contribution < -0.4 is 10.6 Å². The molecule has 0 aliphatic heterocycles. The van der Waals surface area contributed by atoms with Crippen LogP contribution in [0.4, 0.5) is 11.4 Å². The molecule has 1 aromatic rings. The first-order chi connectivity index (χ1) is 8.04. The number of anilines is 2. The topological polar surface area (TPSA) is 69.8 Å². The zero-order chi connectivity index (χ0) is 12.8. The van der Waals surface area contributed by atoms with Gasteiger partial charge < -0.3 is 15.7 Å². The zero-order valence-corrected chi connectivity index (χ0v) is 10.3. The monoisotopic (exact) mass is 237 g/mol. The highest BCUT2D eigenvalue weighted by molar-refractivity contribution is 5.94. The minimum Gasteiger partial charge on any atom is -0.399 e. The molecule has 0 aliphatic carbocycles. The number of likely N-dealkylation sites (N-methyl/N-ethyl adjacent to an activating group) is 2.